The Bertz CT molecular complexity index is 1160. The van der Waals surface area contributed by atoms with Gasteiger partial charge in [-0.05, 0) is 64.9 Å². The van der Waals surface area contributed by atoms with Gasteiger partial charge in [-0.1, -0.05) is 12.1 Å². The molecule has 1 atom stereocenters. The molecule has 0 saturated heterocycles. The fourth-order valence-corrected chi connectivity index (χ4v) is 5.01. The minimum atomic E-state index is -0.184. The molecular formula is C26H27NO5S. The summed E-state index contributed by atoms with van der Waals surface area (Å²) in [5.41, 5.74) is 3.09. The maximum atomic E-state index is 13.4. The molecule has 0 N–H and O–H groups in total. The lowest BCUT2D eigenvalue weighted by Crippen LogP contribution is -2.39. The van der Waals surface area contributed by atoms with E-state index in [-0.39, 0.29) is 11.9 Å². The van der Waals surface area contributed by atoms with Crippen molar-refractivity contribution in [1.82, 2.24) is 4.90 Å². The molecule has 4 rings (SSSR count). The summed E-state index contributed by atoms with van der Waals surface area (Å²) in [4.78, 5) is 16.4. The van der Waals surface area contributed by atoms with Gasteiger partial charge in [0.2, 0.25) is 5.91 Å². The molecule has 0 bridgehead atoms. The summed E-state index contributed by atoms with van der Waals surface area (Å²) in [5.74, 6) is 2.58. The number of hydrogen-bond donors (Lipinski definition) is 0. The van der Waals surface area contributed by atoms with Crippen LogP contribution in [0.3, 0.4) is 0 Å². The number of carbonyl (C=O) groups excluding carboxylic acids is 1. The summed E-state index contributed by atoms with van der Waals surface area (Å²) in [6.07, 6.45) is 4.17. The number of ether oxygens (including phenoxy) is 4. The largest absolute Gasteiger partial charge is 0.493 e. The van der Waals surface area contributed by atoms with Crippen LogP contribution in [0.15, 0.2) is 53.9 Å². The SMILES string of the molecule is COc1ccc(C=CC(=O)N2CCc3cc(OC)c(OC)cc3C2c2cccs2)cc1OC. The van der Waals surface area contributed by atoms with E-state index in [1.807, 2.05) is 46.7 Å². The van der Waals surface area contributed by atoms with Crippen molar-refractivity contribution in [3.63, 3.8) is 0 Å². The highest BCUT2D eigenvalue weighted by molar-refractivity contribution is 7.10. The molecule has 1 aliphatic rings. The molecule has 33 heavy (non-hydrogen) atoms. The van der Waals surface area contributed by atoms with E-state index in [9.17, 15) is 4.79 Å². The Morgan fingerprint density at radius 1 is 0.939 bits per heavy atom. The highest BCUT2D eigenvalue weighted by atomic mass is 32.1. The van der Waals surface area contributed by atoms with Crippen LogP contribution in [-0.4, -0.2) is 45.8 Å². The highest BCUT2D eigenvalue weighted by Gasteiger charge is 2.33. The summed E-state index contributed by atoms with van der Waals surface area (Å²) in [6, 6.07) is 13.5. The Balaban J connectivity index is 1.67. The number of fused-ring (bicyclic) bond motifs is 1. The monoisotopic (exact) mass is 465 g/mol. The van der Waals surface area contributed by atoms with Crippen LogP contribution in [-0.2, 0) is 11.2 Å². The lowest BCUT2D eigenvalue weighted by Gasteiger charge is -2.37. The van der Waals surface area contributed by atoms with Crippen molar-refractivity contribution < 1.29 is 23.7 Å². The molecule has 0 saturated carbocycles. The minimum absolute atomic E-state index is 0.0522. The van der Waals surface area contributed by atoms with E-state index < -0.39 is 0 Å². The molecule has 0 aliphatic carbocycles. The van der Waals surface area contributed by atoms with E-state index >= 15 is 0 Å². The van der Waals surface area contributed by atoms with Crippen molar-refractivity contribution in [3.8, 4) is 23.0 Å². The van der Waals surface area contributed by atoms with Crippen LogP contribution < -0.4 is 18.9 Å². The first-order chi connectivity index (χ1) is 16.1. The van der Waals surface area contributed by atoms with E-state index in [1.165, 1.54) is 5.56 Å². The van der Waals surface area contributed by atoms with Crippen LogP contribution in [0.4, 0.5) is 0 Å². The van der Waals surface area contributed by atoms with Crippen LogP contribution in [0.25, 0.3) is 6.08 Å². The second-order valence-corrected chi connectivity index (χ2v) is 8.53. The fraction of sp³-hybridized carbons (Fsp3) is 0.269. The van der Waals surface area contributed by atoms with Gasteiger partial charge in [0.1, 0.15) is 0 Å². The molecule has 1 amide bonds. The zero-order valence-electron chi connectivity index (χ0n) is 19.2. The van der Waals surface area contributed by atoms with Gasteiger partial charge in [0, 0.05) is 17.5 Å². The van der Waals surface area contributed by atoms with Gasteiger partial charge in [0.05, 0.1) is 34.5 Å². The van der Waals surface area contributed by atoms with Crippen LogP contribution in [0.1, 0.15) is 27.6 Å². The quantitative estimate of drug-likeness (QED) is 0.461. The number of nitrogens with zero attached hydrogens (tertiary/aromatic N) is 1. The van der Waals surface area contributed by atoms with E-state index in [1.54, 1.807) is 51.9 Å². The maximum Gasteiger partial charge on any atom is 0.247 e. The van der Waals surface area contributed by atoms with Crippen LogP contribution in [0.5, 0.6) is 23.0 Å². The Morgan fingerprint density at radius 2 is 1.64 bits per heavy atom. The van der Waals surface area contributed by atoms with Crippen molar-refractivity contribution in [2.24, 2.45) is 0 Å². The van der Waals surface area contributed by atoms with Crippen molar-refractivity contribution in [2.45, 2.75) is 12.5 Å². The number of thiophene rings is 1. The minimum Gasteiger partial charge on any atom is -0.493 e. The Hall–Kier alpha value is -3.45. The summed E-state index contributed by atoms with van der Waals surface area (Å²) in [5, 5.41) is 2.03. The normalized spacial score (nSPS) is 15.3. The molecule has 2 heterocycles. The fourth-order valence-electron chi connectivity index (χ4n) is 4.16. The zero-order valence-corrected chi connectivity index (χ0v) is 20.0. The number of rotatable bonds is 7. The van der Waals surface area contributed by atoms with E-state index in [0.717, 1.165) is 22.4 Å². The number of carbonyl (C=O) groups is 1. The molecule has 1 unspecified atom stereocenters. The summed E-state index contributed by atoms with van der Waals surface area (Å²) >= 11 is 1.64. The van der Waals surface area contributed by atoms with E-state index in [2.05, 4.69) is 6.07 Å². The second kappa shape index (κ2) is 10.0. The topological polar surface area (TPSA) is 57.2 Å². The third-order valence-electron chi connectivity index (χ3n) is 5.80. The molecule has 7 heteroatoms. The smallest absolute Gasteiger partial charge is 0.247 e. The highest BCUT2D eigenvalue weighted by Crippen LogP contribution is 2.42. The predicted octanol–water partition coefficient (Wildman–Crippen LogP) is 4.97. The molecule has 1 aliphatic heterocycles. The van der Waals surface area contributed by atoms with E-state index in [0.29, 0.717) is 29.5 Å². The van der Waals surface area contributed by atoms with Gasteiger partial charge in [-0.25, -0.2) is 0 Å². The van der Waals surface area contributed by atoms with Crippen LogP contribution in [0, 0.1) is 0 Å². The average Bonchev–Trinajstić information content (AvgIpc) is 3.39. The van der Waals surface area contributed by atoms with Gasteiger partial charge in [0.15, 0.2) is 23.0 Å². The molecular weight excluding hydrogens is 438 g/mol. The van der Waals surface area contributed by atoms with Crippen LogP contribution in [0.2, 0.25) is 0 Å². The Morgan fingerprint density at radius 3 is 2.30 bits per heavy atom. The van der Waals surface area contributed by atoms with Crippen molar-refractivity contribution in [3.05, 3.63) is 75.5 Å². The average molecular weight is 466 g/mol. The van der Waals surface area contributed by atoms with Crippen molar-refractivity contribution >= 4 is 23.3 Å². The first-order valence-corrected chi connectivity index (χ1v) is 11.5. The molecule has 172 valence electrons. The van der Waals surface area contributed by atoms with Gasteiger partial charge in [-0.2, -0.15) is 0 Å². The molecule has 1 aromatic heterocycles. The van der Waals surface area contributed by atoms with E-state index in [4.69, 9.17) is 18.9 Å². The van der Waals surface area contributed by atoms with Gasteiger partial charge in [0.25, 0.3) is 0 Å². The number of benzene rings is 2. The van der Waals surface area contributed by atoms with Gasteiger partial charge < -0.3 is 23.8 Å². The van der Waals surface area contributed by atoms with Gasteiger partial charge >= 0.3 is 0 Å². The number of methoxy groups -OCH3 is 4. The summed E-state index contributed by atoms with van der Waals surface area (Å²) < 4.78 is 21.7. The standard InChI is InChI=1S/C26H27NO5S/c1-29-20-9-7-17(14-21(20)30-2)8-10-25(28)27-12-11-18-15-22(31-3)23(32-4)16-19(18)26(27)24-6-5-13-33-24/h5-10,13-16,26H,11-12H2,1-4H3. The summed E-state index contributed by atoms with van der Waals surface area (Å²) in [6.45, 7) is 0.611. The van der Waals surface area contributed by atoms with Crippen molar-refractivity contribution in [1.29, 1.82) is 0 Å². The molecule has 0 fully saturated rings. The predicted molar refractivity (Wildman–Crippen MR) is 130 cm³/mol. The first-order valence-electron chi connectivity index (χ1n) is 10.6. The van der Waals surface area contributed by atoms with Crippen LogP contribution >= 0.6 is 11.3 Å². The molecule has 2 aromatic carbocycles. The number of hydrogen-bond acceptors (Lipinski definition) is 6. The molecule has 3 aromatic rings. The molecule has 6 nitrogen and oxygen atoms in total. The lowest BCUT2D eigenvalue weighted by atomic mass is 9.90. The summed E-state index contributed by atoms with van der Waals surface area (Å²) in [7, 11) is 6.46. The third kappa shape index (κ3) is 4.54. The third-order valence-corrected chi connectivity index (χ3v) is 6.72. The molecule has 0 spiro atoms. The Labute approximate surface area is 198 Å². The Kier molecular flexibility index (Phi) is 6.89. The van der Waals surface area contributed by atoms with Gasteiger partial charge in [-0.3, -0.25) is 4.79 Å². The van der Waals surface area contributed by atoms with Gasteiger partial charge in [-0.15, -0.1) is 11.3 Å². The van der Waals surface area contributed by atoms with Crippen molar-refractivity contribution in [2.75, 3.05) is 35.0 Å². The second-order valence-electron chi connectivity index (χ2n) is 7.55. The molecule has 0 radical (unpaired) electrons. The maximum absolute atomic E-state index is 13.4. The zero-order chi connectivity index (χ0) is 23.4. The lowest BCUT2D eigenvalue weighted by molar-refractivity contribution is -0.127. The number of amides is 1. The first kappa shape index (κ1) is 22.7.